The van der Waals surface area contributed by atoms with Crippen LogP contribution in [0.15, 0.2) is 30.3 Å². The third-order valence-corrected chi connectivity index (χ3v) is 4.70. The lowest BCUT2D eigenvalue weighted by atomic mass is 10.0. The zero-order chi connectivity index (χ0) is 14.8. The van der Waals surface area contributed by atoms with Crippen molar-refractivity contribution >= 4 is 11.9 Å². The fourth-order valence-corrected chi connectivity index (χ4v) is 3.41. The Balaban J connectivity index is 1.58. The van der Waals surface area contributed by atoms with E-state index in [9.17, 15) is 14.7 Å². The van der Waals surface area contributed by atoms with E-state index < -0.39 is 12.0 Å². The lowest BCUT2D eigenvalue weighted by Gasteiger charge is -2.33. The molecule has 0 spiro atoms. The van der Waals surface area contributed by atoms with Crippen molar-refractivity contribution in [1.82, 2.24) is 4.90 Å². The van der Waals surface area contributed by atoms with E-state index in [0.29, 0.717) is 31.2 Å². The maximum Gasteiger partial charge on any atom is 0.326 e. The molecular formula is C17H21NO3. The Hall–Kier alpha value is -1.84. The molecule has 0 radical (unpaired) electrons. The largest absolute Gasteiger partial charge is 0.480 e. The minimum Gasteiger partial charge on any atom is -0.480 e. The second kappa shape index (κ2) is 5.88. The fourth-order valence-electron chi connectivity index (χ4n) is 3.41. The van der Waals surface area contributed by atoms with Gasteiger partial charge < -0.3 is 10.0 Å². The Morgan fingerprint density at radius 3 is 2.67 bits per heavy atom. The van der Waals surface area contributed by atoms with Gasteiger partial charge in [0.25, 0.3) is 0 Å². The van der Waals surface area contributed by atoms with Gasteiger partial charge in [-0.15, -0.1) is 0 Å². The molecule has 1 aliphatic carbocycles. The van der Waals surface area contributed by atoms with Crippen molar-refractivity contribution < 1.29 is 14.7 Å². The summed E-state index contributed by atoms with van der Waals surface area (Å²) in [5.41, 5.74) is 1.30. The van der Waals surface area contributed by atoms with Gasteiger partial charge in [0.15, 0.2) is 0 Å². The highest BCUT2D eigenvalue weighted by atomic mass is 16.4. The van der Waals surface area contributed by atoms with Crippen LogP contribution in [-0.4, -0.2) is 34.5 Å². The van der Waals surface area contributed by atoms with Crippen LogP contribution < -0.4 is 0 Å². The summed E-state index contributed by atoms with van der Waals surface area (Å²) < 4.78 is 0. The van der Waals surface area contributed by atoms with Crippen molar-refractivity contribution in [2.45, 2.75) is 44.1 Å². The van der Waals surface area contributed by atoms with Crippen LogP contribution in [0.3, 0.4) is 0 Å². The molecule has 1 saturated heterocycles. The smallest absolute Gasteiger partial charge is 0.326 e. The van der Waals surface area contributed by atoms with Crippen molar-refractivity contribution in [2.75, 3.05) is 6.54 Å². The van der Waals surface area contributed by atoms with E-state index in [1.165, 1.54) is 5.56 Å². The molecule has 1 heterocycles. The molecule has 0 bridgehead atoms. The lowest BCUT2D eigenvalue weighted by molar-refractivity contribution is -0.152. The van der Waals surface area contributed by atoms with Crippen LogP contribution in [-0.2, 0) is 9.59 Å². The SMILES string of the molecule is O=C(O)C1CCCCN1C(=O)C[C@@H]1C[C@H]1c1ccccc1. The van der Waals surface area contributed by atoms with Gasteiger partial charge in [-0.1, -0.05) is 30.3 Å². The predicted octanol–water partition coefficient (Wildman–Crippen LogP) is 2.65. The summed E-state index contributed by atoms with van der Waals surface area (Å²) >= 11 is 0. The van der Waals surface area contributed by atoms with E-state index in [2.05, 4.69) is 12.1 Å². The molecule has 1 amide bonds. The Morgan fingerprint density at radius 2 is 1.95 bits per heavy atom. The molecular weight excluding hydrogens is 266 g/mol. The molecule has 4 heteroatoms. The molecule has 1 aromatic rings. The van der Waals surface area contributed by atoms with Crippen molar-refractivity contribution in [3.8, 4) is 0 Å². The minimum absolute atomic E-state index is 0.0190. The number of amides is 1. The maximum atomic E-state index is 12.4. The highest BCUT2D eigenvalue weighted by Crippen LogP contribution is 2.49. The topological polar surface area (TPSA) is 57.6 Å². The van der Waals surface area contributed by atoms with Crippen LogP contribution in [0, 0.1) is 5.92 Å². The van der Waals surface area contributed by atoms with Crippen LogP contribution in [0.2, 0.25) is 0 Å². The Kier molecular flexibility index (Phi) is 3.95. The number of nitrogens with zero attached hydrogens (tertiary/aromatic N) is 1. The van der Waals surface area contributed by atoms with E-state index in [4.69, 9.17) is 0 Å². The Labute approximate surface area is 124 Å². The normalized spacial score (nSPS) is 28.2. The van der Waals surface area contributed by atoms with Gasteiger partial charge in [0.1, 0.15) is 6.04 Å². The summed E-state index contributed by atoms with van der Waals surface area (Å²) in [4.78, 5) is 25.3. The van der Waals surface area contributed by atoms with Crippen molar-refractivity contribution in [3.63, 3.8) is 0 Å². The first-order valence-corrected chi connectivity index (χ1v) is 7.74. The van der Waals surface area contributed by atoms with Gasteiger partial charge in [-0.2, -0.15) is 0 Å². The highest BCUT2D eigenvalue weighted by molar-refractivity contribution is 5.84. The molecule has 4 nitrogen and oxygen atoms in total. The zero-order valence-corrected chi connectivity index (χ0v) is 12.1. The van der Waals surface area contributed by atoms with Crippen LogP contribution >= 0.6 is 0 Å². The first-order chi connectivity index (χ1) is 10.2. The highest BCUT2D eigenvalue weighted by Gasteiger charge is 2.41. The average Bonchev–Trinajstić information content (AvgIpc) is 3.27. The van der Waals surface area contributed by atoms with Crippen LogP contribution in [0.1, 0.15) is 43.6 Å². The molecule has 112 valence electrons. The number of hydrogen-bond donors (Lipinski definition) is 1. The molecule has 1 aromatic carbocycles. The Bertz CT molecular complexity index is 528. The van der Waals surface area contributed by atoms with Crippen molar-refractivity contribution in [3.05, 3.63) is 35.9 Å². The summed E-state index contributed by atoms with van der Waals surface area (Å²) in [6.07, 6.45) is 3.94. The lowest BCUT2D eigenvalue weighted by Crippen LogP contribution is -2.48. The molecule has 2 aliphatic rings. The standard InChI is InChI=1S/C17H21NO3/c19-16(18-9-5-4-8-15(18)17(20)21)11-13-10-14(13)12-6-2-1-3-7-12/h1-3,6-7,13-15H,4-5,8-11H2,(H,20,21)/t13-,14-,15?/m0/s1. The van der Waals surface area contributed by atoms with Gasteiger partial charge in [-0.3, -0.25) is 4.79 Å². The molecule has 2 fully saturated rings. The van der Waals surface area contributed by atoms with Crippen molar-refractivity contribution in [1.29, 1.82) is 0 Å². The van der Waals surface area contributed by atoms with E-state index in [1.54, 1.807) is 4.90 Å². The number of aliphatic carboxylic acids is 1. The number of benzene rings is 1. The van der Waals surface area contributed by atoms with Gasteiger partial charge in [0.05, 0.1) is 0 Å². The average molecular weight is 287 g/mol. The maximum absolute atomic E-state index is 12.4. The molecule has 21 heavy (non-hydrogen) atoms. The molecule has 3 rings (SSSR count). The van der Waals surface area contributed by atoms with Gasteiger partial charge >= 0.3 is 5.97 Å². The predicted molar refractivity (Wildman–Crippen MR) is 78.9 cm³/mol. The molecule has 3 atom stereocenters. The number of carbonyl (C=O) groups is 2. The number of likely N-dealkylation sites (tertiary alicyclic amines) is 1. The number of rotatable bonds is 4. The van der Waals surface area contributed by atoms with Crippen LogP contribution in [0.25, 0.3) is 0 Å². The second-order valence-electron chi connectivity index (χ2n) is 6.15. The molecule has 0 aromatic heterocycles. The Morgan fingerprint density at radius 1 is 1.19 bits per heavy atom. The zero-order valence-electron chi connectivity index (χ0n) is 12.1. The summed E-state index contributed by atoms with van der Waals surface area (Å²) in [5.74, 6) is 0.0171. The van der Waals surface area contributed by atoms with Gasteiger partial charge in [-0.25, -0.2) is 4.79 Å². The fraction of sp³-hybridized carbons (Fsp3) is 0.529. The summed E-state index contributed by atoms with van der Waals surface area (Å²) in [7, 11) is 0. The van der Waals surface area contributed by atoms with Gasteiger partial charge in [-0.05, 0) is 43.1 Å². The summed E-state index contributed by atoms with van der Waals surface area (Å²) in [6, 6.07) is 9.65. The van der Waals surface area contributed by atoms with E-state index >= 15 is 0 Å². The van der Waals surface area contributed by atoms with Crippen LogP contribution in [0.5, 0.6) is 0 Å². The van der Waals surface area contributed by atoms with Gasteiger partial charge in [0, 0.05) is 13.0 Å². The number of carboxylic acids is 1. The molecule has 1 N–H and O–H groups in total. The van der Waals surface area contributed by atoms with Gasteiger partial charge in [0.2, 0.25) is 5.91 Å². The monoisotopic (exact) mass is 287 g/mol. The minimum atomic E-state index is -0.863. The third-order valence-electron chi connectivity index (χ3n) is 4.70. The second-order valence-corrected chi connectivity index (χ2v) is 6.15. The molecule has 1 aliphatic heterocycles. The first-order valence-electron chi connectivity index (χ1n) is 7.74. The van der Waals surface area contributed by atoms with Crippen molar-refractivity contribution in [2.24, 2.45) is 5.92 Å². The number of piperidine rings is 1. The van der Waals surface area contributed by atoms with E-state index in [-0.39, 0.29) is 5.91 Å². The van der Waals surface area contributed by atoms with Crippen LogP contribution in [0.4, 0.5) is 0 Å². The summed E-state index contributed by atoms with van der Waals surface area (Å²) in [6.45, 7) is 0.596. The number of carboxylic acid groups (broad SMARTS) is 1. The first kappa shape index (κ1) is 14.1. The quantitative estimate of drug-likeness (QED) is 0.926. The molecule has 1 unspecified atom stereocenters. The van der Waals surface area contributed by atoms with E-state index in [1.807, 2.05) is 18.2 Å². The number of carbonyl (C=O) groups excluding carboxylic acids is 1. The third kappa shape index (κ3) is 3.09. The summed E-state index contributed by atoms with van der Waals surface area (Å²) in [5, 5.41) is 9.24. The van der Waals surface area contributed by atoms with E-state index in [0.717, 1.165) is 19.3 Å². The molecule has 1 saturated carbocycles. The number of hydrogen-bond acceptors (Lipinski definition) is 2.